The Balaban J connectivity index is 1.99. The number of nitrogens with zero attached hydrogens (tertiary/aromatic N) is 2. The van der Waals surface area contributed by atoms with E-state index in [9.17, 15) is 0 Å². The van der Waals surface area contributed by atoms with Crippen molar-refractivity contribution in [3.63, 3.8) is 0 Å². The van der Waals surface area contributed by atoms with Crippen LogP contribution in [0.15, 0.2) is 41.6 Å². The second kappa shape index (κ2) is 6.85. The van der Waals surface area contributed by atoms with Gasteiger partial charge in [0.05, 0.1) is 11.0 Å². The molecule has 1 saturated heterocycles. The molecule has 6 heteroatoms. The van der Waals surface area contributed by atoms with Gasteiger partial charge in [-0.3, -0.25) is 4.57 Å². The van der Waals surface area contributed by atoms with E-state index in [0.717, 1.165) is 68.6 Å². The fourth-order valence-electron chi connectivity index (χ4n) is 4.09. The average molecular weight is 417 g/mol. The smallest absolute Gasteiger partial charge is 0.170 e. The highest BCUT2D eigenvalue weighted by Gasteiger charge is 2.25. The van der Waals surface area contributed by atoms with Gasteiger partial charge in [-0.2, -0.15) is 0 Å². The Bertz CT molecular complexity index is 1180. The number of hydrogen-bond acceptors (Lipinski definition) is 3. The van der Waals surface area contributed by atoms with Gasteiger partial charge >= 0.3 is 0 Å². The van der Waals surface area contributed by atoms with Crippen LogP contribution in [-0.4, -0.2) is 22.4 Å². The number of hydrogen-bond donors (Lipinski definition) is 0. The van der Waals surface area contributed by atoms with E-state index in [2.05, 4.69) is 23.0 Å². The monoisotopic (exact) mass is 416 g/mol. The molecule has 0 bridgehead atoms. The maximum Gasteiger partial charge on any atom is 0.170 e. The van der Waals surface area contributed by atoms with E-state index >= 15 is 0 Å². The van der Waals surface area contributed by atoms with Gasteiger partial charge in [0.25, 0.3) is 0 Å². The molecule has 2 heterocycles. The Kier molecular flexibility index (Phi) is 4.47. The lowest BCUT2D eigenvalue weighted by Crippen LogP contribution is -2.18. The van der Waals surface area contributed by atoms with Crippen LogP contribution in [0.3, 0.4) is 0 Å². The van der Waals surface area contributed by atoms with E-state index in [-0.39, 0.29) is 6.23 Å². The Hall–Kier alpha value is -1.46. The molecule has 1 unspecified atom stereocenters. The highest BCUT2D eigenvalue weighted by Crippen LogP contribution is 2.41. The molecule has 5 rings (SSSR count). The van der Waals surface area contributed by atoms with Gasteiger partial charge in [-0.25, -0.2) is 4.98 Å². The van der Waals surface area contributed by atoms with Crippen LogP contribution in [0, 0.1) is 0 Å². The van der Waals surface area contributed by atoms with Crippen LogP contribution in [0.25, 0.3) is 32.6 Å². The van der Waals surface area contributed by atoms with E-state index < -0.39 is 0 Å². The van der Waals surface area contributed by atoms with E-state index in [1.165, 1.54) is 0 Å². The van der Waals surface area contributed by atoms with Crippen molar-refractivity contribution >= 4 is 67.5 Å². The quantitative estimate of drug-likeness (QED) is 0.258. The van der Waals surface area contributed by atoms with Crippen molar-refractivity contribution in [2.75, 3.05) is 12.9 Å². The van der Waals surface area contributed by atoms with Crippen LogP contribution in [0.5, 0.6) is 0 Å². The van der Waals surface area contributed by atoms with Crippen LogP contribution >= 0.6 is 35.0 Å². The zero-order chi connectivity index (χ0) is 18.5. The van der Waals surface area contributed by atoms with E-state index in [1.54, 1.807) is 11.8 Å². The molecule has 3 aromatic carbocycles. The highest BCUT2D eigenvalue weighted by molar-refractivity contribution is 7.98. The molecular formula is C21H18Cl2N2OS. The summed E-state index contributed by atoms with van der Waals surface area (Å²) in [6.45, 7) is 0.788. The normalized spacial score (nSPS) is 18.0. The van der Waals surface area contributed by atoms with E-state index in [1.807, 2.05) is 24.3 Å². The summed E-state index contributed by atoms with van der Waals surface area (Å²) in [4.78, 5) is 5.00. The summed E-state index contributed by atoms with van der Waals surface area (Å²) in [7, 11) is 0. The zero-order valence-corrected chi connectivity index (χ0v) is 17.2. The molecule has 4 aromatic rings. The molecule has 0 amide bonds. The van der Waals surface area contributed by atoms with Gasteiger partial charge in [0.15, 0.2) is 5.16 Å². The van der Waals surface area contributed by atoms with Crippen LogP contribution < -0.4 is 0 Å². The summed E-state index contributed by atoms with van der Waals surface area (Å²) in [6.07, 6.45) is 5.34. The third-order valence-electron chi connectivity index (χ3n) is 5.27. The van der Waals surface area contributed by atoms with Crippen molar-refractivity contribution in [3.8, 4) is 0 Å². The molecule has 0 radical (unpaired) electrons. The number of aromatic nitrogens is 2. The van der Waals surface area contributed by atoms with Crippen LogP contribution in [0.4, 0.5) is 0 Å². The first-order valence-electron chi connectivity index (χ1n) is 9.05. The SMILES string of the molecule is CSc1nc2c3cc(Cl)ccc3c3ccc(Cl)cc3c2n1C1CCCCO1. The molecule has 0 aliphatic carbocycles. The highest BCUT2D eigenvalue weighted by atomic mass is 35.5. The van der Waals surface area contributed by atoms with Crippen LogP contribution in [-0.2, 0) is 4.74 Å². The number of halogens is 2. The third kappa shape index (κ3) is 2.82. The minimum Gasteiger partial charge on any atom is -0.358 e. The maximum atomic E-state index is 6.39. The summed E-state index contributed by atoms with van der Waals surface area (Å²) < 4.78 is 8.40. The lowest BCUT2D eigenvalue weighted by molar-refractivity contribution is -0.0342. The summed E-state index contributed by atoms with van der Waals surface area (Å²) in [5.41, 5.74) is 2.04. The van der Waals surface area contributed by atoms with Crippen LogP contribution in [0.2, 0.25) is 10.0 Å². The predicted octanol–water partition coefficient (Wildman–Crippen LogP) is 7.07. The van der Waals surface area contributed by atoms with Gasteiger partial charge in [-0.15, -0.1) is 0 Å². The van der Waals surface area contributed by atoms with Crippen molar-refractivity contribution in [2.45, 2.75) is 30.6 Å². The van der Waals surface area contributed by atoms with Gasteiger partial charge < -0.3 is 4.74 Å². The van der Waals surface area contributed by atoms with Gasteiger partial charge in [0.2, 0.25) is 0 Å². The third-order valence-corrected chi connectivity index (χ3v) is 6.39. The molecule has 1 aliphatic heterocycles. The van der Waals surface area contributed by atoms with Crippen molar-refractivity contribution in [2.24, 2.45) is 0 Å². The molecule has 0 N–H and O–H groups in total. The lowest BCUT2D eigenvalue weighted by atomic mass is 9.99. The topological polar surface area (TPSA) is 27.1 Å². The Morgan fingerprint density at radius 2 is 1.70 bits per heavy atom. The average Bonchev–Trinajstić information content (AvgIpc) is 3.09. The number of fused-ring (bicyclic) bond motifs is 6. The maximum absolute atomic E-state index is 6.39. The summed E-state index contributed by atoms with van der Waals surface area (Å²) in [5, 5.41) is 6.87. The zero-order valence-electron chi connectivity index (χ0n) is 14.8. The van der Waals surface area contributed by atoms with E-state index in [4.69, 9.17) is 32.9 Å². The Morgan fingerprint density at radius 3 is 2.37 bits per heavy atom. The largest absolute Gasteiger partial charge is 0.358 e. The summed E-state index contributed by atoms with van der Waals surface area (Å²) in [5.74, 6) is 0. The number of benzene rings is 3. The molecular weight excluding hydrogens is 399 g/mol. The van der Waals surface area contributed by atoms with Crippen molar-refractivity contribution in [3.05, 3.63) is 46.4 Å². The number of imidazole rings is 1. The first-order valence-corrected chi connectivity index (χ1v) is 11.0. The van der Waals surface area contributed by atoms with Gasteiger partial charge in [-0.05, 0) is 60.6 Å². The number of thioether (sulfide) groups is 1. The second-order valence-electron chi connectivity index (χ2n) is 6.87. The van der Waals surface area contributed by atoms with Gasteiger partial charge in [0, 0.05) is 27.4 Å². The Morgan fingerprint density at radius 1 is 1.00 bits per heavy atom. The first kappa shape index (κ1) is 17.6. The molecule has 0 spiro atoms. The van der Waals surface area contributed by atoms with E-state index in [0.29, 0.717) is 5.02 Å². The molecule has 1 atom stereocenters. The summed E-state index contributed by atoms with van der Waals surface area (Å²) in [6, 6.07) is 12.1. The molecule has 3 nitrogen and oxygen atoms in total. The fourth-order valence-corrected chi connectivity index (χ4v) is 5.02. The number of ether oxygens (including phenoxy) is 1. The van der Waals surface area contributed by atoms with Gasteiger partial charge in [0.1, 0.15) is 6.23 Å². The van der Waals surface area contributed by atoms with Crippen molar-refractivity contribution in [1.82, 2.24) is 9.55 Å². The minimum atomic E-state index is 0.00464. The van der Waals surface area contributed by atoms with Gasteiger partial charge in [-0.1, -0.05) is 47.1 Å². The van der Waals surface area contributed by atoms with Crippen molar-refractivity contribution in [1.29, 1.82) is 0 Å². The molecule has 1 fully saturated rings. The van der Waals surface area contributed by atoms with Crippen molar-refractivity contribution < 1.29 is 4.74 Å². The lowest BCUT2D eigenvalue weighted by Gasteiger charge is -2.26. The fraction of sp³-hybridized carbons (Fsp3) is 0.286. The molecule has 1 aromatic heterocycles. The first-order chi connectivity index (χ1) is 13.2. The van der Waals surface area contributed by atoms with Crippen LogP contribution in [0.1, 0.15) is 25.5 Å². The Labute approximate surface area is 171 Å². The molecule has 138 valence electrons. The minimum absolute atomic E-state index is 0.00464. The molecule has 0 saturated carbocycles. The molecule has 27 heavy (non-hydrogen) atoms. The molecule has 1 aliphatic rings. The summed E-state index contributed by atoms with van der Waals surface area (Å²) >= 11 is 14.4. The number of rotatable bonds is 2. The second-order valence-corrected chi connectivity index (χ2v) is 8.51. The predicted molar refractivity (Wildman–Crippen MR) is 115 cm³/mol. The standard InChI is InChI=1S/C21H18Cl2N2OS/c1-27-21-24-19-16-10-12(22)5-7-14(16)15-8-6-13(23)11-17(15)20(19)25(21)18-4-2-3-9-26-18/h5-8,10-11,18H,2-4,9H2,1H3.